The van der Waals surface area contributed by atoms with Crippen molar-refractivity contribution in [2.45, 2.75) is 45.7 Å². The van der Waals surface area contributed by atoms with Crippen molar-refractivity contribution in [3.63, 3.8) is 0 Å². The Hall–Kier alpha value is -1.20. The van der Waals surface area contributed by atoms with Gasteiger partial charge in [-0.2, -0.15) is 0 Å². The molecule has 3 rings (SSSR count). The second-order valence-electron chi connectivity index (χ2n) is 5.09. The third-order valence-corrected chi connectivity index (χ3v) is 4.65. The van der Waals surface area contributed by atoms with Gasteiger partial charge in [0.25, 0.3) is 0 Å². The Bertz CT molecular complexity index is 548. The minimum absolute atomic E-state index is 0.368. The molecule has 0 unspecified atom stereocenters. The molecule has 19 heavy (non-hydrogen) atoms. The Morgan fingerprint density at radius 3 is 3.11 bits per heavy atom. The van der Waals surface area contributed by atoms with E-state index < -0.39 is 0 Å². The molecule has 0 spiro atoms. The number of rotatable bonds is 4. The van der Waals surface area contributed by atoms with Crippen LogP contribution in [0.4, 0.5) is 0 Å². The summed E-state index contributed by atoms with van der Waals surface area (Å²) in [5.41, 5.74) is 2.15. The topological polar surface area (TPSA) is 42.2 Å². The minimum Gasteiger partial charge on any atom is -0.359 e. The second-order valence-corrected chi connectivity index (χ2v) is 6.03. The molecule has 1 saturated heterocycles. The molecule has 1 aliphatic heterocycles. The van der Waals surface area contributed by atoms with Crippen molar-refractivity contribution in [3.05, 3.63) is 33.6 Å². The van der Waals surface area contributed by atoms with Crippen LogP contribution in [0.3, 0.4) is 0 Å². The van der Waals surface area contributed by atoms with E-state index in [1.807, 2.05) is 6.92 Å². The molecular formula is C14H19N3OS. The van der Waals surface area contributed by atoms with E-state index in [9.17, 15) is 0 Å². The number of likely N-dealkylation sites (tertiary alicyclic amines) is 1. The van der Waals surface area contributed by atoms with Crippen LogP contribution in [0.25, 0.3) is 0 Å². The monoisotopic (exact) mass is 277 g/mol. The summed E-state index contributed by atoms with van der Waals surface area (Å²) in [6, 6.07) is 2.43. The van der Waals surface area contributed by atoms with E-state index in [1.54, 1.807) is 11.3 Å². The second kappa shape index (κ2) is 5.43. The zero-order chi connectivity index (χ0) is 13.2. The Balaban J connectivity index is 1.72. The molecule has 0 N–H and O–H groups in total. The van der Waals surface area contributed by atoms with Crippen molar-refractivity contribution in [2.24, 2.45) is 0 Å². The molecule has 0 bridgehead atoms. The molecule has 0 aromatic carbocycles. The fourth-order valence-corrected chi connectivity index (χ4v) is 3.41. The largest absolute Gasteiger partial charge is 0.359 e. The van der Waals surface area contributed by atoms with Gasteiger partial charge >= 0.3 is 0 Å². The molecule has 5 heteroatoms. The van der Waals surface area contributed by atoms with Gasteiger partial charge in [-0.25, -0.2) is 4.98 Å². The highest BCUT2D eigenvalue weighted by Crippen LogP contribution is 2.33. The SMILES string of the molecule is CCc1nc(CN2CCC[C@@H]2c2cc(C)no2)cs1. The Morgan fingerprint density at radius 1 is 1.53 bits per heavy atom. The summed E-state index contributed by atoms with van der Waals surface area (Å²) in [6.07, 6.45) is 3.39. The molecule has 1 fully saturated rings. The summed E-state index contributed by atoms with van der Waals surface area (Å²) >= 11 is 1.76. The molecule has 0 aliphatic carbocycles. The molecule has 1 aliphatic rings. The third kappa shape index (κ3) is 2.72. The van der Waals surface area contributed by atoms with Gasteiger partial charge in [0.1, 0.15) is 0 Å². The predicted octanol–water partition coefficient (Wildman–Crippen LogP) is 3.34. The van der Waals surface area contributed by atoms with Crippen molar-refractivity contribution in [1.29, 1.82) is 0 Å². The smallest absolute Gasteiger partial charge is 0.154 e. The van der Waals surface area contributed by atoms with Gasteiger partial charge in [0.05, 0.1) is 22.4 Å². The number of hydrogen-bond acceptors (Lipinski definition) is 5. The van der Waals surface area contributed by atoms with E-state index in [1.165, 1.54) is 17.1 Å². The van der Waals surface area contributed by atoms with Crippen LogP contribution in [0.2, 0.25) is 0 Å². The van der Waals surface area contributed by atoms with E-state index in [0.717, 1.165) is 37.4 Å². The van der Waals surface area contributed by atoms with Gasteiger partial charge in [-0.05, 0) is 32.7 Å². The maximum Gasteiger partial charge on any atom is 0.154 e. The number of nitrogens with zero attached hydrogens (tertiary/aromatic N) is 3. The molecule has 2 aromatic rings. The average Bonchev–Trinajstić information content (AvgIpc) is 3.10. The number of aromatic nitrogens is 2. The molecule has 102 valence electrons. The Kier molecular flexibility index (Phi) is 3.66. The van der Waals surface area contributed by atoms with Gasteiger partial charge in [-0.1, -0.05) is 12.1 Å². The van der Waals surface area contributed by atoms with Crippen molar-refractivity contribution in [1.82, 2.24) is 15.0 Å². The average molecular weight is 277 g/mol. The van der Waals surface area contributed by atoms with Gasteiger partial charge in [0, 0.05) is 18.0 Å². The lowest BCUT2D eigenvalue weighted by Crippen LogP contribution is -2.22. The summed E-state index contributed by atoms with van der Waals surface area (Å²) < 4.78 is 5.43. The van der Waals surface area contributed by atoms with Crippen LogP contribution in [-0.4, -0.2) is 21.6 Å². The number of thiazole rings is 1. The van der Waals surface area contributed by atoms with Gasteiger partial charge in [0.15, 0.2) is 5.76 Å². The molecule has 2 aromatic heterocycles. The summed E-state index contributed by atoms with van der Waals surface area (Å²) in [6.45, 7) is 6.16. The first-order valence-electron chi connectivity index (χ1n) is 6.87. The molecular weight excluding hydrogens is 258 g/mol. The maximum absolute atomic E-state index is 5.43. The van der Waals surface area contributed by atoms with E-state index >= 15 is 0 Å². The van der Waals surface area contributed by atoms with Crippen LogP contribution in [0, 0.1) is 6.92 Å². The predicted molar refractivity (Wildman–Crippen MR) is 75.1 cm³/mol. The van der Waals surface area contributed by atoms with E-state index in [0.29, 0.717) is 6.04 Å². The first-order valence-corrected chi connectivity index (χ1v) is 7.74. The highest BCUT2D eigenvalue weighted by Gasteiger charge is 2.29. The van der Waals surface area contributed by atoms with Crippen LogP contribution in [0.1, 0.15) is 48.0 Å². The first-order chi connectivity index (χ1) is 9.26. The quantitative estimate of drug-likeness (QED) is 0.859. The molecule has 1 atom stereocenters. The Morgan fingerprint density at radius 2 is 2.42 bits per heavy atom. The van der Waals surface area contributed by atoms with Crippen LogP contribution >= 0.6 is 11.3 Å². The maximum atomic E-state index is 5.43. The van der Waals surface area contributed by atoms with Gasteiger partial charge in [-0.3, -0.25) is 4.90 Å². The Labute approximate surface area is 117 Å². The summed E-state index contributed by atoms with van der Waals surface area (Å²) in [5, 5.41) is 7.41. The van der Waals surface area contributed by atoms with Gasteiger partial charge in [0.2, 0.25) is 0 Å². The van der Waals surface area contributed by atoms with Gasteiger partial charge < -0.3 is 4.52 Å². The van der Waals surface area contributed by atoms with Crippen LogP contribution in [0.5, 0.6) is 0 Å². The zero-order valence-corrected chi connectivity index (χ0v) is 12.2. The lowest BCUT2D eigenvalue weighted by atomic mass is 10.1. The minimum atomic E-state index is 0.368. The standard InChI is InChI=1S/C14H19N3OS/c1-3-14-15-11(9-19-14)8-17-6-4-5-12(17)13-7-10(2)16-18-13/h7,9,12H,3-6,8H2,1-2H3/t12-/m1/s1. The molecule has 0 amide bonds. The fraction of sp³-hybridized carbons (Fsp3) is 0.571. The number of hydrogen-bond donors (Lipinski definition) is 0. The first kappa shape index (κ1) is 12.8. The normalized spacial score (nSPS) is 20.2. The van der Waals surface area contributed by atoms with Crippen molar-refractivity contribution in [2.75, 3.05) is 6.54 Å². The highest BCUT2D eigenvalue weighted by atomic mass is 32.1. The third-order valence-electron chi connectivity index (χ3n) is 3.61. The fourth-order valence-electron chi connectivity index (χ4n) is 2.67. The lowest BCUT2D eigenvalue weighted by Gasteiger charge is -2.21. The summed E-state index contributed by atoms with van der Waals surface area (Å²) in [4.78, 5) is 7.11. The highest BCUT2D eigenvalue weighted by molar-refractivity contribution is 7.09. The molecule has 4 nitrogen and oxygen atoms in total. The zero-order valence-electron chi connectivity index (χ0n) is 11.4. The van der Waals surface area contributed by atoms with Crippen LogP contribution in [0.15, 0.2) is 16.0 Å². The van der Waals surface area contributed by atoms with Crippen molar-refractivity contribution < 1.29 is 4.52 Å². The lowest BCUT2D eigenvalue weighted by molar-refractivity contribution is 0.205. The number of aryl methyl sites for hydroxylation is 2. The van der Waals surface area contributed by atoms with E-state index in [2.05, 4.69) is 33.4 Å². The molecule has 0 saturated carbocycles. The van der Waals surface area contributed by atoms with Crippen molar-refractivity contribution in [3.8, 4) is 0 Å². The summed E-state index contributed by atoms with van der Waals surface area (Å²) in [7, 11) is 0. The van der Waals surface area contributed by atoms with Crippen LogP contribution in [-0.2, 0) is 13.0 Å². The molecule has 0 radical (unpaired) electrons. The van der Waals surface area contributed by atoms with Crippen LogP contribution < -0.4 is 0 Å². The van der Waals surface area contributed by atoms with Gasteiger partial charge in [-0.15, -0.1) is 11.3 Å². The summed E-state index contributed by atoms with van der Waals surface area (Å²) in [5.74, 6) is 1.00. The molecule has 3 heterocycles. The van der Waals surface area contributed by atoms with E-state index in [4.69, 9.17) is 4.52 Å². The van der Waals surface area contributed by atoms with E-state index in [-0.39, 0.29) is 0 Å². The van der Waals surface area contributed by atoms with Crippen molar-refractivity contribution >= 4 is 11.3 Å².